The Balaban J connectivity index is 1.53. The Hall–Kier alpha value is -2.51. The van der Waals surface area contributed by atoms with Crippen LogP contribution in [0.15, 0.2) is 59.5 Å². The molecule has 0 unspecified atom stereocenters. The lowest BCUT2D eigenvalue weighted by Gasteiger charge is -2.22. The largest absolute Gasteiger partial charge is 0.354 e. The molecule has 1 atom stereocenters. The molecule has 0 radical (unpaired) electrons. The predicted octanol–water partition coefficient (Wildman–Crippen LogP) is 3.02. The second-order valence-corrected chi connectivity index (χ2v) is 8.07. The lowest BCUT2D eigenvalue weighted by Crippen LogP contribution is -2.43. The molecule has 1 fully saturated rings. The van der Waals surface area contributed by atoms with Crippen LogP contribution < -0.4 is 10.6 Å². The zero-order valence-electron chi connectivity index (χ0n) is 15.3. The fourth-order valence-electron chi connectivity index (χ4n) is 2.89. The first-order chi connectivity index (χ1) is 13.4. The van der Waals surface area contributed by atoms with Gasteiger partial charge < -0.3 is 10.6 Å². The van der Waals surface area contributed by atoms with E-state index in [1.165, 1.54) is 0 Å². The van der Waals surface area contributed by atoms with Gasteiger partial charge in [0.15, 0.2) is 0 Å². The molecule has 0 aromatic heterocycles. The van der Waals surface area contributed by atoms with Crippen LogP contribution in [0.3, 0.4) is 0 Å². The van der Waals surface area contributed by atoms with Crippen LogP contribution in [0.25, 0.3) is 0 Å². The summed E-state index contributed by atoms with van der Waals surface area (Å²) in [6.45, 7) is 1.74. The van der Waals surface area contributed by atoms with Crippen LogP contribution in [0.4, 0.5) is 4.79 Å². The highest BCUT2D eigenvalue weighted by molar-refractivity contribution is 7.99. The van der Waals surface area contributed by atoms with Crippen molar-refractivity contribution in [1.29, 1.82) is 0 Å². The van der Waals surface area contributed by atoms with Crippen molar-refractivity contribution in [3.63, 3.8) is 0 Å². The summed E-state index contributed by atoms with van der Waals surface area (Å²) >= 11 is 7.51. The second kappa shape index (κ2) is 8.67. The van der Waals surface area contributed by atoms with E-state index in [1.54, 1.807) is 43.0 Å². The Morgan fingerprint density at radius 3 is 2.50 bits per heavy atom. The van der Waals surface area contributed by atoms with Gasteiger partial charge in [-0.05, 0) is 36.8 Å². The summed E-state index contributed by atoms with van der Waals surface area (Å²) in [5.41, 5.74) is -0.608. The van der Waals surface area contributed by atoms with Crippen molar-refractivity contribution in [3.05, 3.63) is 65.2 Å². The van der Waals surface area contributed by atoms with Crippen molar-refractivity contribution in [3.8, 4) is 0 Å². The number of rotatable bonds is 7. The third-order valence-electron chi connectivity index (χ3n) is 4.43. The van der Waals surface area contributed by atoms with Crippen molar-refractivity contribution in [2.75, 3.05) is 18.8 Å². The zero-order valence-corrected chi connectivity index (χ0v) is 16.8. The minimum Gasteiger partial charge on any atom is -0.354 e. The normalized spacial score (nSPS) is 18.9. The highest BCUT2D eigenvalue weighted by Crippen LogP contribution is 2.29. The lowest BCUT2D eigenvalue weighted by molar-refractivity contribution is -0.134. The summed E-state index contributed by atoms with van der Waals surface area (Å²) in [4.78, 5) is 39.3. The molecule has 0 bridgehead atoms. The summed E-state index contributed by atoms with van der Waals surface area (Å²) in [6, 6.07) is 15.9. The number of nitrogens with one attached hydrogen (secondary N) is 2. The number of imide groups is 1. The van der Waals surface area contributed by atoms with Gasteiger partial charge in [0, 0.05) is 22.2 Å². The molecule has 0 spiro atoms. The molecule has 1 aliphatic heterocycles. The van der Waals surface area contributed by atoms with E-state index in [1.807, 2.05) is 30.3 Å². The smallest absolute Gasteiger partial charge is 0.325 e. The quantitative estimate of drug-likeness (QED) is 0.412. The monoisotopic (exact) mass is 417 g/mol. The van der Waals surface area contributed by atoms with Crippen molar-refractivity contribution < 1.29 is 14.4 Å². The minimum absolute atomic E-state index is 0.316. The summed E-state index contributed by atoms with van der Waals surface area (Å²) in [6.07, 6.45) is 0. The van der Waals surface area contributed by atoms with Crippen LogP contribution in [0.5, 0.6) is 0 Å². The summed E-state index contributed by atoms with van der Waals surface area (Å²) < 4.78 is 0. The first-order valence-corrected chi connectivity index (χ1v) is 10.1. The molecule has 0 aliphatic carbocycles. The fraction of sp³-hybridized carbons (Fsp3) is 0.250. The first-order valence-electron chi connectivity index (χ1n) is 8.75. The number of halogens is 1. The van der Waals surface area contributed by atoms with E-state index in [-0.39, 0.29) is 12.5 Å². The van der Waals surface area contributed by atoms with Gasteiger partial charge >= 0.3 is 6.03 Å². The van der Waals surface area contributed by atoms with Crippen molar-refractivity contribution in [2.45, 2.75) is 17.4 Å². The zero-order chi connectivity index (χ0) is 20.1. The van der Waals surface area contributed by atoms with Gasteiger partial charge in [0.1, 0.15) is 12.1 Å². The standard InChI is InChI=1S/C20H20ClN3O3S/c1-20(14-7-9-15(21)10-8-14)18(26)24(19(27)23-20)13-17(25)22-11-12-28-16-5-3-2-4-6-16/h2-10H,11-13H2,1H3,(H,22,25)(H,23,27)/t20-/m1/s1. The predicted molar refractivity (Wildman–Crippen MR) is 109 cm³/mol. The molecule has 3 rings (SSSR count). The molecule has 146 valence electrons. The lowest BCUT2D eigenvalue weighted by atomic mass is 9.92. The maximum atomic E-state index is 12.8. The third kappa shape index (κ3) is 4.48. The van der Waals surface area contributed by atoms with E-state index in [0.717, 1.165) is 9.80 Å². The van der Waals surface area contributed by atoms with E-state index < -0.39 is 17.5 Å². The average molecular weight is 418 g/mol. The molecule has 2 aromatic carbocycles. The van der Waals surface area contributed by atoms with Gasteiger partial charge in [-0.15, -0.1) is 11.8 Å². The number of urea groups is 1. The molecule has 2 aromatic rings. The molecular weight excluding hydrogens is 398 g/mol. The number of carbonyl (C=O) groups is 3. The van der Waals surface area contributed by atoms with Crippen LogP contribution in [0.1, 0.15) is 12.5 Å². The van der Waals surface area contributed by atoms with Gasteiger partial charge in [0.2, 0.25) is 5.91 Å². The second-order valence-electron chi connectivity index (χ2n) is 6.46. The number of thioether (sulfide) groups is 1. The van der Waals surface area contributed by atoms with Gasteiger partial charge in [0.25, 0.3) is 5.91 Å². The molecular formula is C20H20ClN3O3S. The van der Waals surface area contributed by atoms with Crippen LogP contribution in [0.2, 0.25) is 5.02 Å². The van der Waals surface area contributed by atoms with Gasteiger partial charge in [-0.2, -0.15) is 0 Å². The van der Waals surface area contributed by atoms with E-state index in [4.69, 9.17) is 11.6 Å². The van der Waals surface area contributed by atoms with Crippen LogP contribution in [-0.4, -0.2) is 41.6 Å². The molecule has 1 aliphatic rings. The van der Waals surface area contributed by atoms with Gasteiger partial charge in [0.05, 0.1) is 0 Å². The van der Waals surface area contributed by atoms with Crippen molar-refractivity contribution in [1.82, 2.24) is 15.5 Å². The number of hydrogen-bond donors (Lipinski definition) is 2. The summed E-state index contributed by atoms with van der Waals surface area (Å²) in [5, 5.41) is 5.95. The maximum absolute atomic E-state index is 12.8. The Labute approximate surface area is 172 Å². The van der Waals surface area contributed by atoms with Crippen LogP contribution >= 0.6 is 23.4 Å². The molecule has 8 heteroatoms. The number of amides is 4. The third-order valence-corrected chi connectivity index (χ3v) is 5.70. The van der Waals surface area contributed by atoms with Crippen LogP contribution in [0, 0.1) is 0 Å². The molecule has 0 saturated carbocycles. The van der Waals surface area contributed by atoms with E-state index >= 15 is 0 Å². The van der Waals surface area contributed by atoms with E-state index in [2.05, 4.69) is 10.6 Å². The van der Waals surface area contributed by atoms with Gasteiger partial charge in [-0.3, -0.25) is 14.5 Å². The average Bonchev–Trinajstić information content (AvgIpc) is 2.90. The van der Waals surface area contributed by atoms with E-state index in [0.29, 0.717) is 22.9 Å². The highest BCUT2D eigenvalue weighted by Gasteiger charge is 2.49. The topological polar surface area (TPSA) is 78.5 Å². The van der Waals surface area contributed by atoms with Gasteiger partial charge in [-0.1, -0.05) is 41.9 Å². The first kappa shape index (κ1) is 20.2. The molecule has 4 amide bonds. The highest BCUT2D eigenvalue weighted by atomic mass is 35.5. The molecule has 28 heavy (non-hydrogen) atoms. The molecule has 1 heterocycles. The minimum atomic E-state index is -1.22. The molecule has 1 saturated heterocycles. The Kier molecular flexibility index (Phi) is 6.26. The SMILES string of the molecule is C[C@]1(c2ccc(Cl)cc2)NC(=O)N(CC(=O)NCCSc2ccccc2)C1=O. The van der Waals surface area contributed by atoms with Gasteiger partial charge in [-0.25, -0.2) is 4.79 Å². The Morgan fingerprint density at radius 1 is 1.14 bits per heavy atom. The Morgan fingerprint density at radius 2 is 1.82 bits per heavy atom. The fourth-order valence-corrected chi connectivity index (χ4v) is 3.81. The molecule has 2 N–H and O–H groups in total. The van der Waals surface area contributed by atoms with Crippen molar-refractivity contribution >= 4 is 41.2 Å². The summed E-state index contributed by atoms with van der Waals surface area (Å²) in [7, 11) is 0. The molecule has 6 nitrogen and oxygen atoms in total. The number of carbonyl (C=O) groups excluding carboxylic acids is 3. The Bertz CT molecular complexity index is 876. The van der Waals surface area contributed by atoms with Crippen molar-refractivity contribution in [2.24, 2.45) is 0 Å². The summed E-state index contributed by atoms with van der Waals surface area (Å²) in [5.74, 6) is -0.149. The number of benzene rings is 2. The maximum Gasteiger partial charge on any atom is 0.325 e. The number of hydrogen-bond acceptors (Lipinski definition) is 4. The van der Waals surface area contributed by atoms with E-state index in [9.17, 15) is 14.4 Å². The number of nitrogens with zero attached hydrogens (tertiary/aromatic N) is 1. The van der Waals surface area contributed by atoms with Crippen LogP contribution in [-0.2, 0) is 15.1 Å².